The lowest BCUT2D eigenvalue weighted by Crippen LogP contribution is -2.30. The summed E-state index contributed by atoms with van der Waals surface area (Å²) in [7, 11) is 1.89. The number of aromatic nitrogens is 4. The molecule has 6 nitrogen and oxygen atoms in total. The molecule has 84 valence electrons. The Labute approximate surface area is 93.5 Å². The summed E-state index contributed by atoms with van der Waals surface area (Å²) in [6.07, 6.45) is 9.52. The first kappa shape index (κ1) is 10.7. The van der Waals surface area contributed by atoms with Gasteiger partial charge >= 0.3 is 0 Å². The van der Waals surface area contributed by atoms with Crippen LogP contribution in [0.1, 0.15) is 17.3 Å². The molecule has 2 heterocycles. The summed E-state index contributed by atoms with van der Waals surface area (Å²) in [5.74, 6) is 5.51. The summed E-state index contributed by atoms with van der Waals surface area (Å²) in [5, 5.41) is 4.11. The maximum atomic E-state index is 5.51. The zero-order valence-corrected chi connectivity index (χ0v) is 9.04. The van der Waals surface area contributed by atoms with Crippen LogP contribution in [0.15, 0.2) is 31.0 Å². The first-order valence-corrected chi connectivity index (χ1v) is 4.99. The van der Waals surface area contributed by atoms with Gasteiger partial charge in [-0.25, -0.2) is 0 Å². The minimum atomic E-state index is -0.0436. The topological polar surface area (TPSA) is 81.7 Å². The highest BCUT2D eigenvalue weighted by molar-refractivity contribution is 5.11. The third-order valence-electron chi connectivity index (χ3n) is 2.34. The van der Waals surface area contributed by atoms with Crippen LogP contribution in [-0.4, -0.2) is 19.7 Å². The van der Waals surface area contributed by atoms with E-state index < -0.39 is 0 Å². The van der Waals surface area contributed by atoms with Crippen molar-refractivity contribution in [2.75, 3.05) is 0 Å². The predicted octanol–water partition coefficient (Wildman–Crippen LogP) is -0.0428. The predicted molar refractivity (Wildman–Crippen MR) is 59.0 cm³/mol. The summed E-state index contributed by atoms with van der Waals surface area (Å²) in [6.45, 7) is 0. The molecule has 0 spiro atoms. The zero-order valence-electron chi connectivity index (χ0n) is 9.04. The summed E-state index contributed by atoms with van der Waals surface area (Å²) < 4.78 is 1.76. The highest BCUT2D eigenvalue weighted by Gasteiger charge is 2.12. The van der Waals surface area contributed by atoms with E-state index in [4.69, 9.17) is 5.84 Å². The quantitative estimate of drug-likeness (QED) is 0.555. The van der Waals surface area contributed by atoms with Crippen LogP contribution >= 0.6 is 0 Å². The minimum Gasteiger partial charge on any atom is -0.276 e. The van der Waals surface area contributed by atoms with Crippen LogP contribution < -0.4 is 11.3 Å². The molecule has 0 saturated heterocycles. The Morgan fingerprint density at radius 3 is 2.88 bits per heavy atom. The number of hydrogen-bond acceptors (Lipinski definition) is 5. The zero-order chi connectivity index (χ0) is 11.4. The number of aryl methyl sites for hydroxylation is 1. The number of nitrogens with one attached hydrogen (secondary N) is 1. The molecule has 0 bridgehead atoms. The molecule has 0 radical (unpaired) electrons. The molecular formula is C10H14N6. The van der Waals surface area contributed by atoms with Crippen molar-refractivity contribution in [3.8, 4) is 0 Å². The van der Waals surface area contributed by atoms with Gasteiger partial charge in [0.25, 0.3) is 0 Å². The van der Waals surface area contributed by atoms with E-state index in [-0.39, 0.29) is 6.04 Å². The van der Waals surface area contributed by atoms with Gasteiger partial charge in [-0.1, -0.05) is 0 Å². The molecule has 3 N–H and O–H groups in total. The van der Waals surface area contributed by atoms with E-state index in [1.807, 2.05) is 19.4 Å². The minimum absolute atomic E-state index is 0.0436. The van der Waals surface area contributed by atoms with Gasteiger partial charge < -0.3 is 0 Å². The molecular weight excluding hydrogens is 204 g/mol. The van der Waals surface area contributed by atoms with Crippen molar-refractivity contribution in [1.82, 2.24) is 25.2 Å². The van der Waals surface area contributed by atoms with Crippen LogP contribution in [0.5, 0.6) is 0 Å². The molecule has 6 heteroatoms. The van der Waals surface area contributed by atoms with Gasteiger partial charge in [-0.3, -0.25) is 25.9 Å². The Morgan fingerprint density at radius 1 is 1.44 bits per heavy atom. The van der Waals surface area contributed by atoms with E-state index in [9.17, 15) is 0 Å². The Balaban J connectivity index is 2.12. The molecule has 1 atom stereocenters. The summed E-state index contributed by atoms with van der Waals surface area (Å²) in [6, 6.07) is -0.0436. The fourth-order valence-corrected chi connectivity index (χ4v) is 1.55. The lowest BCUT2D eigenvalue weighted by molar-refractivity contribution is 0.536. The van der Waals surface area contributed by atoms with Gasteiger partial charge in [-0.05, 0) is 12.0 Å². The van der Waals surface area contributed by atoms with E-state index in [1.54, 1.807) is 23.3 Å². The highest BCUT2D eigenvalue weighted by Crippen LogP contribution is 2.13. The first-order valence-electron chi connectivity index (χ1n) is 4.99. The lowest BCUT2D eigenvalue weighted by atomic mass is 10.1. The largest absolute Gasteiger partial charge is 0.276 e. The second-order valence-electron chi connectivity index (χ2n) is 3.58. The van der Waals surface area contributed by atoms with Gasteiger partial charge in [0, 0.05) is 25.6 Å². The van der Waals surface area contributed by atoms with Gasteiger partial charge in [0.2, 0.25) is 0 Å². The Kier molecular flexibility index (Phi) is 3.23. The fourth-order valence-electron chi connectivity index (χ4n) is 1.55. The molecule has 0 fully saturated rings. The van der Waals surface area contributed by atoms with Gasteiger partial charge in [0.1, 0.15) is 0 Å². The number of hydrazine groups is 1. The second kappa shape index (κ2) is 4.82. The molecule has 2 aromatic heterocycles. The number of nitrogens with zero attached hydrogens (tertiary/aromatic N) is 4. The van der Waals surface area contributed by atoms with Crippen molar-refractivity contribution < 1.29 is 0 Å². The number of nitrogens with two attached hydrogens (primary N) is 1. The van der Waals surface area contributed by atoms with Crippen LogP contribution in [0, 0.1) is 0 Å². The summed E-state index contributed by atoms with van der Waals surface area (Å²) in [4.78, 5) is 8.24. The summed E-state index contributed by atoms with van der Waals surface area (Å²) in [5.41, 5.74) is 4.67. The van der Waals surface area contributed by atoms with Crippen LogP contribution in [0.25, 0.3) is 0 Å². The average Bonchev–Trinajstić information content (AvgIpc) is 2.73. The van der Waals surface area contributed by atoms with Crippen molar-refractivity contribution >= 4 is 0 Å². The molecule has 16 heavy (non-hydrogen) atoms. The van der Waals surface area contributed by atoms with Crippen molar-refractivity contribution in [3.63, 3.8) is 0 Å². The molecule has 0 amide bonds. The van der Waals surface area contributed by atoms with Crippen LogP contribution in [-0.2, 0) is 13.5 Å². The van der Waals surface area contributed by atoms with Crippen molar-refractivity contribution in [1.29, 1.82) is 0 Å². The van der Waals surface area contributed by atoms with E-state index >= 15 is 0 Å². The van der Waals surface area contributed by atoms with E-state index in [1.165, 1.54) is 0 Å². The van der Waals surface area contributed by atoms with Gasteiger partial charge in [0.05, 0.1) is 24.1 Å². The molecule has 0 aliphatic heterocycles. The standard InChI is InChI=1S/C10H14N6/c1-16-7-8(5-14-16)4-9(15-11)10-6-12-2-3-13-10/h2-3,5-7,9,15H,4,11H2,1H3. The van der Waals surface area contributed by atoms with E-state index in [0.29, 0.717) is 0 Å². The molecule has 1 unspecified atom stereocenters. The molecule has 0 aromatic carbocycles. The third-order valence-corrected chi connectivity index (χ3v) is 2.34. The Bertz CT molecular complexity index is 438. The number of rotatable bonds is 4. The molecule has 0 saturated carbocycles. The molecule has 2 rings (SSSR count). The molecule has 0 aliphatic carbocycles. The normalized spacial score (nSPS) is 12.6. The number of hydrogen-bond donors (Lipinski definition) is 2. The second-order valence-corrected chi connectivity index (χ2v) is 3.58. The van der Waals surface area contributed by atoms with E-state index in [2.05, 4.69) is 20.5 Å². The van der Waals surface area contributed by atoms with E-state index in [0.717, 1.165) is 17.7 Å². The molecule has 2 aromatic rings. The van der Waals surface area contributed by atoms with Gasteiger partial charge in [-0.15, -0.1) is 0 Å². The highest BCUT2D eigenvalue weighted by atomic mass is 15.2. The van der Waals surface area contributed by atoms with Crippen molar-refractivity contribution in [3.05, 3.63) is 42.2 Å². The maximum Gasteiger partial charge on any atom is 0.0772 e. The van der Waals surface area contributed by atoms with Gasteiger partial charge in [-0.2, -0.15) is 5.10 Å². The SMILES string of the molecule is Cn1cc(CC(NN)c2cnccn2)cn1. The Morgan fingerprint density at radius 2 is 2.31 bits per heavy atom. The van der Waals surface area contributed by atoms with Crippen LogP contribution in [0.2, 0.25) is 0 Å². The van der Waals surface area contributed by atoms with Crippen LogP contribution in [0.3, 0.4) is 0 Å². The maximum absolute atomic E-state index is 5.51. The smallest absolute Gasteiger partial charge is 0.0772 e. The van der Waals surface area contributed by atoms with Crippen molar-refractivity contribution in [2.24, 2.45) is 12.9 Å². The lowest BCUT2D eigenvalue weighted by Gasteiger charge is -2.13. The fraction of sp³-hybridized carbons (Fsp3) is 0.300. The third kappa shape index (κ3) is 2.41. The first-order chi connectivity index (χ1) is 7.79. The Hall–Kier alpha value is -1.79. The monoisotopic (exact) mass is 218 g/mol. The van der Waals surface area contributed by atoms with Gasteiger partial charge in [0.15, 0.2) is 0 Å². The van der Waals surface area contributed by atoms with Crippen molar-refractivity contribution in [2.45, 2.75) is 12.5 Å². The summed E-state index contributed by atoms with van der Waals surface area (Å²) >= 11 is 0. The average molecular weight is 218 g/mol. The molecule has 0 aliphatic rings. The van der Waals surface area contributed by atoms with Crippen LogP contribution in [0.4, 0.5) is 0 Å².